The Kier molecular flexibility index (Phi) is 7.97. The van der Waals surface area contributed by atoms with Crippen LogP contribution in [0.3, 0.4) is 0 Å². The minimum Gasteiger partial charge on any atom is -0.462 e. The van der Waals surface area contributed by atoms with Crippen LogP contribution in [0.5, 0.6) is 0 Å². The maximum Gasteiger partial charge on any atom is 0.338 e. The molecule has 1 N–H and O–H groups in total. The molecule has 0 bridgehead atoms. The number of thiocarbonyl (C=S) groups is 1. The monoisotopic (exact) mass is 466 g/mol. The Morgan fingerprint density at radius 3 is 2.50 bits per heavy atom. The number of ether oxygens (including phenoxy) is 1. The first-order valence-corrected chi connectivity index (χ1v) is 11.2. The zero-order valence-electron chi connectivity index (χ0n) is 17.6. The summed E-state index contributed by atoms with van der Waals surface area (Å²) in [6.07, 6.45) is 5.38. The second-order valence-corrected chi connectivity index (χ2v) is 8.48. The molecular weight excluding hydrogens is 444 g/mol. The zero-order valence-corrected chi connectivity index (χ0v) is 19.2. The lowest BCUT2D eigenvalue weighted by molar-refractivity contribution is -0.129. The van der Waals surface area contributed by atoms with Crippen molar-refractivity contribution in [1.82, 2.24) is 4.90 Å². The van der Waals surface area contributed by atoms with Gasteiger partial charge in [0.25, 0.3) is 5.91 Å². The molecule has 1 saturated heterocycles. The number of benzene rings is 2. The van der Waals surface area contributed by atoms with Crippen molar-refractivity contribution in [3.05, 3.63) is 82.8 Å². The lowest BCUT2D eigenvalue weighted by Gasteiger charge is -2.22. The maximum atomic E-state index is 12.8. The van der Waals surface area contributed by atoms with Gasteiger partial charge in [-0.3, -0.25) is 14.5 Å². The smallest absolute Gasteiger partial charge is 0.338 e. The molecule has 0 aromatic heterocycles. The lowest BCUT2D eigenvalue weighted by atomic mass is 10.2. The number of nitrogens with one attached hydrogen (secondary N) is 1. The highest BCUT2D eigenvalue weighted by molar-refractivity contribution is 8.26. The molecule has 0 saturated carbocycles. The number of allylic oxidation sites excluding steroid dienone is 2. The van der Waals surface area contributed by atoms with E-state index in [1.807, 2.05) is 36.4 Å². The van der Waals surface area contributed by atoms with Crippen LogP contribution in [0, 0.1) is 0 Å². The zero-order chi connectivity index (χ0) is 23.1. The molecule has 0 spiro atoms. The van der Waals surface area contributed by atoms with Crippen LogP contribution >= 0.6 is 24.0 Å². The van der Waals surface area contributed by atoms with Crippen LogP contribution < -0.4 is 5.32 Å². The Hall–Kier alpha value is -3.23. The van der Waals surface area contributed by atoms with Gasteiger partial charge in [0.05, 0.1) is 17.1 Å². The van der Waals surface area contributed by atoms with E-state index in [0.717, 1.165) is 5.56 Å². The fourth-order valence-electron chi connectivity index (χ4n) is 2.91. The van der Waals surface area contributed by atoms with E-state index in [1.54, 1.807) is 50.3 Å². The Morgan fingerprint density at radius 2 is 1.84 bits per heavy atom. The van der Waals surface area contributed by atoms with Gasteiger partial charge in [0.15, 0.2) is 0 Å². The molecule has 6 nitrogen and oxygen atoms in total. The van der Waals surface area contributed by atoms with Crippen LogP contribution in [0.1, 0.15) is 29.8 Å². The van der Waals surface area contributed by atoms with Crippen molar-refractivity contribution in [2.24, 2.45) is 0 Å². The summed E-state index contributed by atoms with van der Waals surface area (Å²) in [6, 6.07) is 15.3. The Balaban J connectivity index is 1.64. The van der Waals surface area contributed by atoms with Gasteiger partial charge in [-0.05, 0) is 49.8 Å². The van der Waals surface area contributed by atoms with Crippen molar-refractivity contribution in [3.63, 3.8) is 0 Å². The van der Waals surface area contributed by atoms with E-state index < -0.39 is 12.0 Å². The van der Waals surface area contributed by atoms with Gasteiger partial charge in [0.2, 0.25) is 5.91 Å². The number of nitrogens with zero attached hydrogens (tertiary/aromatic N) is 1. The SMILES string of the molecule is CCOC(=O)c1ccc(NC(=O)C(C)N2C(=O)/C(=C/C=C/c3ccccc3)SC2=S)cc1. The third-order valence-electron chi connectivity index (χ3n) is 4.59. The van der Waals surface area contributed by atoms with Crippen LogP contribution in [-0.2, 0) is 14.3 Å². The molecule has 32 heavy (non-hydrogen) atoms. The fraction of sp³-hybridized carbons (Fsp3) is 0.167. The predicted octanol–water partition coefficient (Wildman–Crippen LogP) is 4.65. The van der Waals surface area contributed by atoms with Crippen molar-refractivity contribution >= 4 is 57.8 Å². The first-order valence-electron chi connectivity index (χ1n) is 9.97. The van der Waals surface area contributed by atoms with Crippen LogP contribution in [0.2, 0.25) is 0 Å². The summed E-state index contributed by atoms with van der Waals surface area (Å²) in [7, 11) is 0. The maximum absolute atomic E-state index is 12.8. The van der Waals surface area contributed by atoms with E-state index >= 15 is 0 Å². The molecule has 0 aliphatic carbocycles. The standard InChI is InChI=1S/C24H22N2O4S2/c1-3-30-23(29)18-12-14-19(15-13-18)25-21(27)16(2)26-22(28)20(32-24(26)31)11-7-10-17-8-5-4-6-9-17/h4-16H,3H2,1-2H3,(H,25,27)/b10-7+,20-11-. The number of esters is 1. The van der Waals surface area contributed by atoms with Gasteiger partial charge in [-0.25, -0.2) is 4.79 Å². The molecule has 1 unspecified atom stereocenters. The lowest BCUT2D eigenvalue weighted by Crippen LogP contribution is -2.44. The highest BCUT2D eigenvalue weighted by Gasteiger charge is 2.37. The van der Waals surface area contributed by atoms with Crippen molar-refractivity contribution in [2.75, 3.05) is 11.9 Å². The normalized spacial score (nSPS) is 15.9. The van der Waals surface area contributed by atoms with Crippen molar-refractivity contribution in [1.29, 1.82) is 0 Å². The molecule has 1 atom stereocenters. The van der Waals surface area contributed by atoms with E-state index in [2.05, 4.69) is 5.32 Å². The number of hydrogen-bond donors (Lipinski definition) is 1. The Bertz CT molecular complexity index is 1080. The van der Waals surface area contributed by atoms with Crippen LogP contribution in [0.4, 0.5) is 5.69 Å². The summed E-state index contributed by atoms with van der Waals surface area (Å²) in [5.74, 6) is -1.12. The molecule has 8 heteroatoms. The molecule has 2 amide bonds. The van der Waals surface area contributed by atoms with Gasteiger partial charge in [0, 0.05) is 5.69 Å². The van der Waals surface area contributed by atoms with E-state index in [4.69, 9.17) is 17.0 Å². The van der Waals surface area contributed by atoms with Crippen LogP contribution in [0.25, 0.3) is 6.08 Å². The summed E-state index contributed by atoms with van der Waals surface area (Å²) in [4.78, 5) is 39.0. The van der Waals surface area contributed by atoms with Gasteiger partial charge < -0.3 is 10.1 Å². The predicted molar refractivity (Wildman–Crippen MR) is 131 cm³/mol. The summed E-state index contributed by atoms with van der Waals surface area (Å²) in [6.45, 7) is 3.64. The third-order valence-corrected chi connectivity index (χ3v) is 5.94. The highest BCUT2D eigenvalue weighted by Crippen LogP contribution is 2.32. The molecule has 1 heterocycles. The minimum absolute atomic E-state index is 0.287. The summed E-state index contributed by atoms with van der Waals surface area (Å²) < 4.78 is 5.27. The van der Waals surface area contributed by atoms with E-state index in [9.17, 15) is 14.4 Å². The largest absolute Gasteiger partial charge is 0.462 e. The van der Waals surface area contributed by atoms with Crippen molar-refractivity contribution < 1.29 is 19.1 Å². The number of hydrogen-bond acceptors (Lipinski definition) is 6. The number of carbonyl (C=O) groups excluding carboxylic acids is 3. The van der Waals surface area contributed by atoms with Gasteiger partial charge in [-0.15, -0.1) is 0 Å². The summed E-state index contributed by atoms with van der Waals surface area (Å²) in [5, 5.41) is 2.75. The molecule has 1 fully saturated rings. The molecule has 3 rings (SSSR count). The number of anilines is 1. The highest BCUT2D eigenvalue weighted by atomic mass is 32.2. The first-order chi connectivity index (χ1) is 15.4. The van der Waals surface area contributed by atoms with Crippen molar-refractivity contribution in [2.45, 2.75) is 19.9 Å². The average molecular weight is 467 g/mol. The quantitative estimate of drug-likeness (QED) is 0.364. The van der Waals surface area contributed by atoms with Crippen LogP contribution in [-0.4, -0.2) is 39.7 Å². The van der Waals surface area contributed by atoms with Gasteiger partial charge in [-0.2, -0.15) is 0 Å². The van der Waals surface area contributed by atoms with E-state index in [1.165, 1.54) is 16.7 Å². The molecular formula is C24H22N2O4S2. The molecule has 164 valence electrons. The number of amides is 2. The summed E-state index contributed by atoms with van der Waals surface area (Å²) in [5.41, 5.74) is 1.91. The molecule has 2 aromatic rings. The van der Waals surface area contributed by atoms with Crippen molar-refractivity contribution in [3.8, 4) is 0 Å². The fourth-order valence-corrected chi connectivity index (χ4v) is 4.28. The van der Waals surface area contributed by atoms with E-state index in [-0.39, 0.29) is 18.4 Å². The first kappa shape index (κ1) is 23.4. The molecule has 0 radical (unpaired) electrons. The minimum atomic E-state index is -0.795. The van der Waals surface area contributed by atoms with E-state index in [0.29, 0.717) is 20.5 Å². The Labute approximate surface area is 196 Å². The Morgan fingerprint density at radius 1 is 1.16 bits per heavy atom. The van der Waals surface area contributed by atoms with Gasteiger partial charge >= 0.3 is 5.97 Å². The molecule has 2 aromatic carbocycles. The van der Waals surface area contributed by atoms with Gasteiger partial charge in [0.1, 0.15) is 10.4 Å². The topological polar surface area (TPSA) is 75.7 Å². The second kappa shape index (κ2) is 10.9. The summed E-state index contributed by atoms with van der Waals surface area (Å²) >= 11 is 6.51. The second-order valence-electron chi connectivity index (χ2n) is 6.81. The molecule has 1 aliphatic heterocycles. The number of rotatable bonds is 7. The average Bonchev–Trinajstić information content (AvgIpc) is 3.07. The van der Waals surface area contributed by atoms with Crippen LogP contribution in [0.15, 0.2) is 71.7 Å². The van der Waals surface area contributed by atoms with Gasteiger partial charge in [-0.1, -0.05) is 66.5 Å². The number of thioether (sulfide) groups is 1. The molecule has 1 aliphatic rings. The number of carbonyl (C=O) groups is 3. The third kappa shape index (κ3) is 5.72.